The first-order valence-electron chi connectivity index (χ1n) is 16.8. The Labute approximate surface area is 282 Å². The zero-order valence-corrected chi connectivity index (χ0v) is 27.2. The van der Waals surface area contributed by atoms with Crippen LogP contribution in [0.1, 0.15) is 25.0 Å². The number of benzene rings is 8. The van der Waals surface area contributed by atoms with Gasteiger partial charge in [0.05, 0.1) is 11.4 Å². The second-order valence-electron chi connectivity index (χ2n) is 13.4. The van der Waals surface area contributed by atoms with Crippen LogP contribution in [0.2, 0.25) is 0 Å². The minimum Gasteiger partial charge on any atom is -0.309 e. The molecule has 8 aromatic rings. The first kappa shape index (κ1) is 28.3. The molecule has 1 aliphatic carbocycles. The van der Waals surface area contributed by atoms with Crippen molar-refractivity contribution in [1.82, 2.24) is 0 Å². The van der Waals surface area contributed by atoms with E-state index in [0.29, 0.717) is 0 Å². The van der Waals surface area contributed by atoms with Crippen molar-refractivity contribution in [2.24, 2.45) is 0 Å². The molecule has 1 aliphatic rings. The summed E-state index contributed by atoms with van der Waals surface area (Å²) in [6.07, 6.45) is 0. The smallest absolute Gasteiger partial charge is 0.0546 e. The van der Waals surface area contributed by atoms with E-state index in [1.54, 1.807) is 0 Å². The lowest BCUT2D eigenvalue weighted by atomic mass is 9.82. The van der Waals surface area contributed by atoms with Gasteiger partial charge in [0.2, 0.25) is 0 Å². The Morgan fingerprint density at radius 2 is 1.04 bits per heavy atom. The topological polar surface area (TPSA) is 3.24 Å². The van der Waals surface area contributed by atoms with Gasteiger partial charge in [-0.2, -0.15) is 0 Å². The molecule has 0 amide bonds. The van der Waals surface area contributed by atoms with Gasteiger partial charge in [-0.1, -0.05) is 166 Å². The summed E-state index contributed by atoms with van der Waals surface area (Å²) in [5.41, 5.74) is 13.5. The molecule has 0 atom stereocenters. The summed E-state index contributed by atoms with van der Waals surface area (Å²) in [6.45, 7) is 4.72. The van der Waals surface area contributed by atoms with Crippen molar-refractivity contribution in [3.05, 3.63) is 187 Å². The molecule has 0 radical (unpaired) electrons. The molecule has 8 aromatic carbocycles. The molecule has 1 heteroatoms. The average molecular weight is 614 g/mol. The third kappa shape index (κ3) is 4.47. The number of hydrogen-bond donors (Lipinski definition) is 0. The van der Waals surface area contributed by atoms with Gasteiger partial charge in [-0.3, -0.25) is 0 Å². The lowest BCUT2D eigenvalue weighted by Crippen LogP contribution is -2.17. The van der Waals surface area contributed by atoms with E-state index >= 15 is 0 Å². The maximum absolute atomic E-state index is 2.51. The van der Waals surface area contributed by atoms with E-state index in [1.165, 1.54) is 66.1 Å². The molecule has 0 fully saturated rings. The lowest BCUT2D eigenvalue weighted by Gasteiger charge is -2.31. The summed E-state index contributed by atoms with van der Waals surface area (Å²) >= 11 is 0. The molecule has 9 rings (SSSR count). The van der Waals surface area contributed by atoms with Crippen molar-refractivity contribution in [3.8, 4) is 33.4 Å². The van der Waals surface area contributed by atoms with E-state index in [0.717, 1.165) is 17.1 Å². The molecule has 0 unspecified atom stereocenters. The molecular weight excluding hydrogens is 579 g/mol. The first-order chi connectivity index (χ1) is 23.6. The summed E-state index contributed by atoms with van der Waals surface area (Å²) in [5, 5.41) is 5.00. The highest BCUT2D eigenvalue weighted by atomic mass is 15.1. The molecule has 0 N–H and O–H groups in total. The van der Waals surface area contributed by atoms with E-state index in [2.05, 4.69) is 195 Å². The van der Waals surface area contributed by atoms with Gasteiger partial charge in [-0.25, -0.2) is 0 Å². The molecule has 0 aromatic heterocycles. The average Bonchev–Trinajstić information content (AvgIpc) is 3.38. The third-order valence-corrected chi connectivity index (χ3v) is 10.3. The van der Waals surface area contributed by atoms with Crippen molar-refractivity contribution in [1.29, 1.82) is 0 Å². The summed E-state index contributed by atoms with van der Waals surface area (Å²) in [7, 11) is 0. The van der Waals surface area contributed by atoms with Gasteiger partial charge in [0.15, 0.2) is 0 Å². The third-order valence-electron chi connectivity index (χ3n) is 10.3. The Morgan fingerprint density at radius 1 is 0.375 bits per heavy atom. The molecule has 48 heavy (non-hydrogen) atoms. The van der Waals surface area contributed by atoms with Crippen molar-refractivity contribution in [3.63, 3.8) is 0 Å². The molecule has 1 nitrogen and oxygen atoms in total. The van der Waals surface area contributed by atoms with Crippen LogP contribution < -0.4 is 4.90 Å². The monoisotopic (exact) mass is 613 g/mol. The highest BCUT2D eigenvalue weighted by molar-refractivity contribution is 6.13. The molecule has 0 bridgehead atoms. The van der Waals surface area contributed by atoms with Crippen LogP contribution in [0.5, 0.6) is 0 Å². The van der Waals surface area contributed by atoms with Gasteiger partial charge in [0, 0.05) is 22.1 Å². The fraction of sp³-hybridized carbons (Fsp3) is 0.0638. The second-order valence-corrected chi connectivity index (χ2v) is 13.4. The highest BCUT2D eigenvalue weighted by Crippen LogP contribution is 2.52. The van der Waals surface area contributed by atoms with Crippen LogP contribution in [0.25, 0.3) is 54.9 Å². The van der Waals surface area contributed by atoms with Crippen LogP contribution in [-0.4, -0.2) is 0 Å². The summed E-state index contributed by atoms with van der Waals surface area (Å²) < 4.78 is 0. The van der Waals surface area contributed by atoms with Crippen LogP contribution in [0.15, 0.2) is 176 Å². The molecular formula is C47H35N. The quantitative estimate of drug-likeness (QED) is 0.175. The van der Waals surface area contributed by atoms with E-state index in [9.17, 15) is 0 Å². The Hall–Kier alpha value is -5.92. The predicted octanol–water partition coefficient (Wildman–Crippen LogP) is 13.1. The first-order valence-corrected chi connectivity index (χ1v) is 16.8. The van der Waals surface area contributed by atoms with E-state index in [4.69, 9.17) is 0 Å². The molecule has 228 valence electrons. The maximum atomic E-state index is 2.51. The van der Waals surface area contributed by atoms with Gasteiger partial charge in [0.25, 0.3) is 0 Å². The number of hydrogen-bond acceptors (Lipinski definition) is 1. The number of nitrogens with zero attached hydrogens (tertiary/aromatic N) is 1. The SMILES string of the molecule is CC1(C)c2ccccc2-c2ccc(N(c3cc(-c4ccccc4)ccc3-c3ccccc3)c3cccc4c3ccc3ccccc34)cc21. The Kier molecular flexibility index (Phi) is 6.55. The minimum absolute atomic E-state index is 0.114. The standard InChI is InChI=1S/C47H35N/c1-47(2)43-22-12-11-20-40(43)41-29-26-36(31-44(41)47)48(45-23-13-21-39-37-19-10-9-18-34(37)24-28-42(39)45)46-30-35(32-14-5-3-6-15-32)25-27-38(46)33-16-7-4-8-17-33/h3-31H,1-2H3. The van der Waals surface area contributed by atoms with E-state index < -0.39 is 0 Å². The summed E-state index contributed by atoms with van der Waals surface area (Å²) in [6, 6.07) is 64.5. The molecule has 0 aliphatic heterocycles. The van der Waals surface area contributed by atoms with Crippen LogP contribution >= 0.6 is 0 Å². The van der Waals surface area contributed by atoms with Crippen molar-refractivity contribution in [2.75, 3.05) is 4.90 Å². The van der Waals surface area contributed by atoms with E-state index in [1.807, 2.05) is 0 Å². The van der Waals surface area contributed by atoms with Crippen LogP contribution in [0.4, 0.5) is 17.1 Å². The van der Waals surface area contributed by atoms with Gasteiger partial charge in [-0.05, 0) is 79.4 Å². The van der Waals surface area contributed by atoms with Crippen LogP contribution in [0, 0.1) is 0 Å². The fourth-order valence-corrected chi connectivity index (χ4v) is 7.85. The molecule has 0 saturated carbocycles. The Morgan fingerprint density at radius 3 is 1.88 bits per heavy atom. The molecule has 0 spiro atoms. The zero-order chi connectivity index (χ0) is 32.2. The van der Waals surface area contributed by atoms with Crippen LogP contribution in [0.3, 0.4) is 0 Å². The number of fused-ring (bicyclic) bond motifs is 6. The predicted molar refractivity (Wildman–Crippen MR) is 205 cm³/mol. The fourth-order valence-electron chi connectivity index (χ4n) is 7.85. The lowest BCUT2D eigenvalue weighted by molar-refractivity contribution is 0.660. The van der Waals surface area contributed by atoms with Crippen molar-refractivity contribution in [2.45, 2.75) is 19.3 Å². The van der Waals surface area contributed by atoms with Crippen LogP contribution in [-0.2, 0) is 5.41 Å². The normalized spacial score (nSPS) is 13.0. The molecule has 0 heterocycles. The summed E-state index contributed by atoms with van der Waals surface area (Å²) in [5.74, 6) is 0. The van der Waals surface area contributed by atoms with Gasteiger partial charge in [0.1, 0.15) is 0 Å². The molecule has 0 saturated heterocycles. The van der Waals surface area contributed by atoms with Crippen molar-refractivity contribution >= 4 is 38.6 Å². The minimum atomic E-state index is -0.114. The largest absolute Gasteiger partial charge is 0.309 e. The summed E-state index contributed by atoms with van der Waals surface area (Å²) in [4.78, 5) is 2.51. The second kappa shape index (κ2) is 11.1. The highest BCUT2D eigenvalue weighted by Gasteiger charge is 2.36. The van der Waals surface area contributed by atoms with Gasteiger partial charge >= 0.3 is 0 Å². The number of anilines is 3. The van der Waals surface area contributed by atoms with Gasteiger partial charge < -0.3 is 4.90 Å². The Balaban J connectivity index is 1.36. The number of rotatable bonds is 5. The van der Waals surface area contributed by atoms with Crippen molar-refractivity contribution < 1.29 is 0 Å². The van der Waals surface area contributed by atoms with Gasteiger partial charge in [-0.15, -0.1) is 0 Å². The van der Waals surface area contributed by atoms with E-state index in [-0.39, 0.29) is 5.41 Å². The Bertz CT molecular complexity index is 2470. The maximum Gasteiger partial charge on any atom is 0.0546 e. The zero-order valence-electron chi connectivity index (χ0n) is 27.2.